The molecule has 5 nitrogen and oxygen atoms in total. The molecule has 3 rings (SSSR count). The SMILES string of the molecule is COC(=O)c1ccc(Cn2ccn(C3CC3)c2=O)cc1F. The Morgan fingerprint density at radius 2 is 2.14 bits per heavy atom. The summed E-state index contributed by atoms with van der Waals surface area (Å²) in [5, 5.41) is 0. The Kier molecular flexibility index (Phi) is 3.37. The third-order valence-electron chi connectivity index (χ3n) is 3.61. The highest BCUT2D eigenvalue weighted by Crippen LogP contribution is 2.33. The number of methoxy groups -OCH3 is 1. The van der Waals surface area contributed by atoms with Crippen molar-refractivity contribution < 1.29 is 13.9 Å². The number of hydrogen-bond donors (Lipinski definition) is 0. The molecular formula is C15H15FN2O3. The zero-order valence-electron chi connectivity index (χ0n) is 11.6. The van der Waals surface area contributed by atoms with E-state index in [0.717, 1.165) is 12.8 Å². The van der Waals surface area contributed by atoms with Crippen LogP contribution in [0.1, 0.15) is 34.8 Å². The fourth-order valence-corrected chi connectivity index (χ4v) is 2.31. The molecule has 1 saturated carbocycles. The van der Waals surface area contributed by atoms with E-state index in [1.807, 2.05) is 0 Å². The molecule has 21 heavy (non-hydrogen) atoms. The molecule has 1 fully saturated rings. The summed E-state index contributed by atoms with van der Waals surface area (Å²) in [7, 11) is 1.20. The van der Waals surface area contributed by atoms with Crippen LogP contribution in [0.4, 0.5) is 4.39 Å². The fourth-order valence-electron chi connectivity index (χ4n) is 2.31. The molecule has 0 saturated heterocycles. The summed E-state index contributed by atoms with van der Waals surface area (Å²) in [6.45, 7) is 0.275. The number of carbonyl (C=O) groups excluding carboxylic acids is 1. The average Bonchev–Trinajstić information content (AvgIpc) is 3.25. The molecule has 6 heteroatoms. The molecule has 0 unspecified atom stereocenters. The van der Waals surface area contributed by atoms with E-state index in [9.17, 15) is 14.0 Å². The van der Waals surface area contributed by atoms with E-state index in [2.05, 4.69) is 4.74 Å². The maximum atomic E-state index is 13.8. The van der Waals surface area contributed by atoms with Gasteiger partial charge in [0.2, 0.25) is 0 Å². The third kappa shape index (κ3) is 2.61. The molecule has 0 aliphatic heterocycles. The molecule has 1 aromatic carbocycles. The van der Waals surface area contributed by atoms with Gasteiger partial charge in [-0.1, -0.05) is 6.07 Å². The first-order chi connectivity index (χ1) is 10.1. The van der Waals surface area contributed by atoms with Gasteiger partial charge in [0.05, 0.1) is 19.2 Å². The van der Waals surface area contributed by atoms with Crippen LogP contribution in [0.3, 0.4) is 0 Å². The van der Waals surface area contributed by atoms with E-state index in [4.69, 9.17) is 0 Å². The van der Waals surface area contributed by atoms with E-state index in [1.54, 1.807) is 23.0 Å². The van der Waals surface area contributed by atoms with E-state index in [1.165, 1.54) is 23.8 Å². The largest absolute Gasteiger partial charge is 0.465 e. The minimum atomic E-state index is -0.712. The maximum Gasteiger partial charge on any atom is 0.340 e. The van der Waals surface area contributed by atoms with Crippen molar-refractivity contribution in [2.45, 2.75) is 25.4 Å². The predicted molar refractivity (Wildman–Crippen MR) is 73.8 cm³/mol. The lowest BCUT2D eigenvalue weighted by Crippen LogP contribution is -2.23. The van der Waals surface area contributed by atoms with Gasteiger partial charge in [-0.3, -0.25) is 9.13 Å². The van der Waals surface area contributed by atoms with Crippen LogP contribution < -0.4 is 5.69 Å². The number of imidazole rings is 1. The monoisotopic (exact) mass is 290 g/mol. The van der Waals surface area contributed by atoms with Gasteiger partial charge in [-0.15, -0.1) is 0 Å². The zero-order chi connectivity index (χ0) is 15.0. The standard InChI is InChI=1S/C15H15FN2O3/c1-21-14(19)12-5-2-10(8-13(12)16)9-17-6-7-18(15(17)20)11-3-4-11/h2,5-8,11H,3-4,9H2,1H3. The van der Waals surface area contributed by atoms with Crippen molar-refractivity contribution in [1.29, 1.82) is 0 Å². The van der Waals surface area contributed by atoms with Crippen molar-refractivity contribution in [3.8, 4) is 0 Å². The Labute approximate surface area is 120 Å². The summed E-state index contributed by atoms with van der Waals surface area (Å²) in [5.74, 6) is -1.36. The van der Waals surface area contributed by atoms with Gasteiger partial charge in [-0.25, -0.2) is 14.0 Å². The average molecular weight is 290 g/mol. The second kappa shape index (κ2) is 5.20. The van der Waals surface area contributed by atoms with Gasteiger partial charge in [-0.2, -0.15) is 0 Å². The van der Waals surface area contributed by atoms with E-state index < -0.39 is 11.8 Å². The Hall–Kier alpha value is -2.37. The Morgan fingerprint density at radius 3 is 2.76 bits per heavy atom. The Bertz CT molecular complexity index is 744. The third-order valence-corrected chi connectivity index (χ3v) is 3.61. The lowest BCUT2D eigenvalue weighted by molar-refractivity contribution is 0.0595. The van der Waals surface area contributed by atoms with Gasteiger partial charge < -0.3 is 4.74 Å². The maximum absolute atomic E-state index is 13.8. The summed E-state index contributed by atoms with van der Waals surface area (Å²) in [5.41, 5.74) is 0.426. The van der Waals surface area contributed by atoms with E-state index >= 15 is 0 Å². The van der Waals surface area contributed by atoms with Crippen LogP contribution in [-0.4, -0.2) is 22.2 Å². The van der Waals surface area contributed by atoms with Crippen LogP contribution in [-0.2, 0) is 11.3 Å². The number of benzene rings is 1. The molecular weight excluding hydrogens is 275 g/mol. The number of aromatic nitrogens is 2. The quantitative estimate of drug-likeness (QED) is 0.809. The first kappa shape index (κ1) is 13.6. The van der Waals surface area contributed by atoms with Gasteiger partial charge in [0.1, 0.15) is 5.82 Å². The van der Waals surface area contributed by atoms with Crippen molar-refractivity contribution in [2.24, 2.45) is 0 Å². The smallest absolute Gasteiger partial charge is 0.340 e. The fraction of sp³-hybridized carbons (Fsp3) is 0.333. The summed E-state index contributed by atoms with van der Waals surface area (Å²) < 4.78 is 21.6. The number of ether oxygens (including phenoxy) is 1. The molecule has 0 bridgehead atoms. The summed E-state index contributed by atoms with van der Waals surface area (Å²) in [4.78, 5) is 23.4. The molecule has 2 aromatic rings. The second-order valence-electron chi connectivity index (χ2n) is 5.15. The number of rotatable bonds is 4. The highest BCUT2D eigenvalue weighted by Gasteiger charge is 2.25. The van der Waals surface area contributed by atoms with Crippen molar-refractivity contribution >= 4 is 5.97 Å². The Morgan fingerprint density at radius 1 is 1.38 bits per heavy atom. The molecule has 1 aromatic heterocycles. The molecule has 1 aliphatic carbocycles. The minimum absolute atomic E-state index is 0.0880. The second-order valence-corrected chi connectivity index (χ2v) is 5.15. The number of carbonyl (C=O) groups is 1. The first-order valence-electron chi connectivity index (χ1n) is 6.74. The number of hydrogen-bond acceptors (Lipinski definition) is 3. The molecule has 0 amide bonds. The normalized spacial score (nSPS) is 14.2. The van der Waals surface area contributed by atoms with Gasteiger partial charge in [0, 0.05) is 18.4 Å². The molecule has 110 valence electrons. The zero-order valence-corrected chi connectivity index (χ0v) is 11.6. The van der Waals surface area contributed by atoms with Crippen molar-refractivity contribution in [3.05, 3.63) is 58.0 Å². The van der Waals surface area contributed by atoms with Crippen LogP contribution in [0.5, 0.6) is 0 Å². The van der Waals surface area contributed by atoms with Crippen LogP contribution in [0.15, 0.2) is 35.4 Å². The van der Waals surface area contributed by atoms with Crippen LogP contribution >= 0.6 is 0 Å². The highest BCUT2D eigenvalue weighted by molar-refractivity contribution is 5.89. The first-order valence-corrected chi connectivity index (χ1v) is 6.74. The molecule has 1 heterocycles. The van der Waals surface area contributed by atoms with Gasteiger partial charge in [0.15, 0.2) is 0 Å². The van der Waals surface area contributed by atoms with Crippen molar-refractivity contribution in [3.63, 3.8) is 0 Å². The molecule has 0 N–H and O–H groups in total. The lowest BCUT2D eigenvalue weighted by Gasteiger charge is -2.05. The minimum Gasteiger partial charge on any atom is -0.465 e. The van der Waals surface area contributed by atoms with Gasteiger partial charge in [-0.05, 0) is 30.5 Å². The van der Waals surface area contributed by atoms with Crippen LogP contribution in [0.2, 0.25) is 0 Å². The Balaban J connectivity index is 1.83. The summed E-state index contributed by atoms with van der Waals surface area (Å²) in [6.07, 6.45) is 5.53. The predicted octanol–water partition coefficient (Wildman–Crippen LogP) is 1.96. The number of esters is 1. The van der Waals surface area contributed by atoms with Gasteiger partial charge >= 0.3 is 11.7 Å². The van der Waals surface area contributed by atoms with Crippen LogP contribution in [0, 0.1) is 5.82 Å². The number of nitrogens with zero attached hydrogens (tertiary/aromatic N) is 2. The van der Waals surface area contributed by atoms with E-state index in [0.29, 0.717) is 11.6 Å². The topological polar surface area (TPSA) is 53.2 Å². The van der Waals surface area contributed by atoms with Crippen LogP contribution in [0.25, 0.3) is 0 Å². The van der Waals surface area contributed by atoms with Crippen molar-refractivity contribution in [1.82, 2.24) is 9.13 Å². The lowest BCUT2D eigenvalue weighted by atomic mass is 10.1. The van der Waals surface area contributed by atoms with Gasteiger partial charge in [0.25, 0.3) is 0 Å². The van der Waals surface area contributed by atoms with Crippen molar-refractivity contribution in [2.75, 3.05) is 7.11 Å². The molecule has 1 aliphatic rings. The summed E-state index contributed by atoms with van der Waals surface area (Å²) in [6, 6.07) is 4.57. The molecule has 0 radical (unpaired) electrons. The van der Waals surface area contributed by atoms with E-state index in [-0.39, 0.29) is 17.8 Å². The highest BCUT2D eigenvalue weighted by atomic mass is 19.1. The molecule has 0 atom stereocenters. The number of halogens is 1. The molecule has 0 spiro atoms. The summed E-state index contributed by atoms with van der Waals surface area (Å²) >= 11 is 0.